The molecule has 2 aliphatic heterocycles. The van der Waals surface area contributed by atoms with Crippen molar-refractivity contribution in [1.82, 2.24) is 9.88 Å². The summed E-state index contributed by atoms with van der Waals surface area (Å²) in [5, 5.41) is 4.96. The van der Waals surface area contributed by atoms with Crippen LogP contribution in [0.15, 0.2) is 72.8 Å². The molecule has 0 saturated carbocycles. The number of pyridine rings is 1. The van der Waals surface area contributed by atoms with Crippen molar-refractivity contribution in [3.05, 3.63) is 95.2 Å². The third-order valence-corrected chi connectivity index (χ3v) is 7.35. The highest BCUT2D eigenvalue weighted by Crippen LogP contribution is 2.45. The van der Waals surface area contributed by atoms with Crippen LogP contribution in [0.5, 0.6) is 11.5 Å². The number of piperidine rings is 1. The van der Waals surface area contributed by atoms with E-state index in [0.29, 0.717) is 5.92 Å². The van der Waals surface area contributed by atoms with Gasteiger partial charge in [0.1, 0.15) is 11.5 Å². The van der Waals surface area contributed by atoms with Crippen LogP contribution in [0.4, 0.5) is 5.69 Å². The number of hydrogen-bond acceptors (Lipinski definition) is 4. The number of likely N-dealkylation sites (tertiary alicyclic amines) is 1. The molecule has 0 aliphatic carbocycles. The summed E-state index contributed by atoms with van der Waals surface area (Å²) >= 11 is 0. The first kappa shape index (κ1) is 21.2. The van der Waals surface area contributed by atoms with Gasteiger partial charge < -0.3 is 10.1 Å². The molecule has 34 heavy (non-hydrogen) atoms. The average Bonchev–Trinajstić information content (AvgIpc) is 3.37. The minimum Gasteiger partial charge on any atom is -0.457 e. The van der Waals surface area contributed by atoms with E-state index in [-0.39, 0.29) is 0 Å². The van der Waals surface area contributed by atoms with Gasteiger partial charge in [-0.15, -0.1) is 0 Å². The van der Waals surface area contributed by atoms with E-state index < -0.39 is 0 Å². The number of benzene rings is 3. The molecule has 1 fully saturated rings. The number of para-hydroxylation sites is 1. The first-order valence-electron chi connectivity index (χ1n) is 12.5. The van der Waals surface area contributed by atoms with E-state index in [0.717, 1.165) is 68.2 Å². The van der Waals surface area contributed by atoms with Crippen LogP contribution in [0.3, 0.4) is 0 Å². The molecule has 1 saturated heterocycles. The Hall–Kier alpha value is -3.37. The van der Waals surface area contributed by atoms with E-state index in [9.17, 15) is 0 Å². The maximum Gasteiger partial charge on any atom is 0.131 e. The zero-order valence-corrected chi connectivity index (χ0v) is 19.8. The van der Waals surface area contributed by atoms with E-state index in [1.165, 1.54) is 27.8 Å². The number of aryl methyl sites for hydroxylation is 1. The third kappa shape index (κ3) is 4.03. The lowest BCUT2D eigenvalue weighted by Crippen LogP contribution is -2.32. The molecule has 1 N–H and O–H groups in total. The topological polar surface area (TPSA) is 37.4 Å². The summed E-state index contributed by atoms with van der Waals surface area (Å²) in [7, 11) is 0. The predicted molar refractivity (Wildman–Crippen MR) is 139 cm³/mol. The van der Waals surface area contributed by atoms with Crippen molar-refractivity contribution in [3.63, 3.8) is 0 Å². The quantitative estimate of drug-likeness (QED) is 0.369. The van der Waals surface area contributed by atoms with Gasteiger partial charge in [0, 0.05) is 35.4 Å². The summed E-state index contributed by atoms with van der Waals surface area (Å²) < 4.78 is 6.51. The molecule has 2 aliphatic rings. The van der Waals surface area contributed by atoms with Gasteiger partial charge in [-0.25, -0.2) is 0 Å². The van der Waals surface area contributed by atoms with Crippen molar-refractivity contribution in [2.45, 2.75) is 38.6 Å². The Balaban J connectivity index is 1.37. The minimum absolute atomic E-state index is 0.449. The summed E-state index contributed by atoms with van der Waals surface area (Å²) in [5.74, 6) is 2.31. The summed E-state index contributed by atoms with van der Waals surface area (Å²) in [4.78, 5) is 7.60. The van der Waals surface area contributed by atoms with Crippen LogP contribution in [-0.2, 0) is 13.0 Å². The number of nitrogens with zero attached hydrogens (tertiary/aromatic N) is 2. The summed E-state index contributed by atoms with van der Waals surface area (Å²) in [6.45, 7) is 6.33. The molecule has 0 radical (unpaired) electrons. The third-order valence-electron chi connectivity index (χ3n) is 7.35. The summed E-state index contributed by atoms with van der Waals surface area (Å²) in [6.07, 6.45) is 3.29. The fourth-order valence-corrected chi connectivity index (χ4v) is 5.67. The number of hydrogen-bond donors (Lipinski definition) is 1. The van der Waals surface area contributed by atoms with Crippen LogP contribution in [0, 0.1) is 6.92 Å². The monoisotopic (exact) mass is 449 g/mol. The molecule has 172 valence electrons. The number of nitrogens with one attached hydrogen (secondary N) is 1. The van der Waals surface area contributed by atoms with E-state index in [4.69, 9.17) is 9.72 Å². The Bertz CT molecular complexity index is 1300. The Morgan fingerprint density at radius 3 is 2.44 bits per heavy atom. The summed E-state index contributed by atoms with van der Waals surface area (Å²) in [6, 6.07) is 25.2. The van der Waals surface area contributed by atoms with E-state index >= 15 is 0 Å². The molecule has 0 amide bonds. The molecule has 3 heterocycles. The molecule has 0 bridgehead atoms. The zero-order chi connectivity index (χ0) is 22.9. The van der Waals surface area contributed by atoms with Gasteiger partial charge in [0.05, 0.1) is 5.52 Å². The second-order valence-corrected chi connectivity index (χ2v) is 9.55. The Kier molecular flexibility index (Phi) is 5.68. The number of anilines is 1. The van der Waals surface area contributed by atoms with E-state index in [2.05, 4.69) is 59.6 Å². The Morgan fingerprint density at radius 1 is 0.941 bits per heavy atom. The normalized spacial score (nSPS) is 16.4. The average molecular weight is 450 g/mol. The molecule has 6 rings (SSSR count). The number of rotatable bonds is 5. The molecular weight excluding hydrogens is 418 g/mol. The lowest BCUT2D eigenvalue weighted by Gasteiger charge is -2.33. The molecule has 1 aromatic heterocycles. The van der Waals surface area contributed by atoms with Crippen molar-refractivity contribution in [2.75, 3.05) is 25.0 Å². The molecular formula is C30H31N3O. The maximum atomic E-state index is 6.51. The Morgan fingerprint density at radius 2 is 1.68 bits per heavy atom. The highest BCUT2D eigenvalue weighted by molar-refractivity contribution is 5.99. The van der Waals surface area contributed by atoms with E-state index in [1.807, 2.05) is 30.3 Å². The highest BCUT2D eigenvalue weighted by atomic mass is 16.5. The smallest absolute Gasteiger partial charge is 0.131 e. The van der Waals surface area contributed by atoms with Crippen LogP contribution < -0.4 is 10.1 Å². The SMILES string of the molecule is Cc1nc2ccc(Oc3ccccc3)c(C3CCN(Cc4ccccc4)CC3)c2c2c1CCN2. The van der Waals surface area contributed by atoms with Crippen molar-refractivity contribution >= 4 is 16.6 Å². The number of ether oxygens (including phenoxy) is 1. The van der Waals surface area contributed by atoms with Crippen molar-refractivity contribution in [1.29, 1.82) is 0 Å². The summed E-state index contributed by atoms with van der Waals surface area (Å²) in [5.41, 5.74) is 7.59. The molecule has 4 aromatic rings. The van der Waals surface area contributed by atoms with Gasteiger partial charge in [0.25, 0.3) is 0 Å². The highest BCUT2D eigenvalue weighted by Gasteiger charge is 2.29. The fraction of sp³-hybridized carbons (Fsp3) is 0.300. The van der Waals surface area contributed by atoms with Crippen LogP contribution in [0.25, 0.3) is 10.9 Å². The van der Waals surface area contributed by atoms with Gasteiger partial charge in [-0.2, -0.15) is 0 Å². The second kappa shape index (κ2) is 9.11. The second-order valence-electron chi connectivity index (χ2n) is 9.55. The lowest BCUT2D eigenvalue weighted by atomic mass is 9.85. The number of fused-ring (bicyclic) bond motifs is 3. The first-order valence-corrected chi connectivity index (χ1v) is 12.5. The van der Waals surface area contributed by atoms with Gasteiger partial charge in [-0.05, 0) is 80.6 Å². The predicted octanol–water partition coefficient (Wildman–Crippen LogP) is 6.68. The lowest BCUT2D eigenvalue weighted by molar-refractivity contribution is 0.204. The van der Waals surface area contributed by atoms with Gasteiger partial charge in [-0.3, -0.25) is 9.88 Å². The van der Waals surface area contributed by atoms with E-state index in [1.54, 1.807) is 0 Å². The largest absolute Gasteiger partial charge is 0.457 e. The van der Waals surface area contributed by atoms with Gasteiger partial charge >= 0.3 is 0 Å². The van der Waals surface area contributed by atoms with Gasteiger partial charge in [0.2, 0.25) is 0 Å². The molecule has 0 spiro atoms. The van der Waals surface area contributed by atoms with Crippen LogP contribution in [0.1, 0.15) is 41.1 Å². The molecule has 4 heteroatoms. The Labute approximate surface area is 201 Å². The standard InChI is InChI=1S/C30H31N3O/c1-21-25-14-17-31-30(25)29-26(32-21)12-13-27(34-24-10-6-3-7-11-24)28(29)23-15-18-33(19-16-23)20-22-8-4-2-5-9-22/h2-13,23,31H,14-20H2,1H3. The first-order chi connectivity index (χ1) is 16.8. The van der Waals surface area contributed by atoms with Crippen molar-refractivity contribution in [3.8, 4) is 11.5 Å². The minimum atomic E-state index is 0.449. The van der Waals surface area contributed by atoms with Crippen molar-refractivity contribution < 1.29 is 4.74 Å². The molecule has 4 nitrogen and oxygen atoms in total. The number of aromatic nitrogens is 1. The van der Waals surface area contributed by atoms with Crippen LogP contribution >= 0.6 is 0 Å². The van der Waals surface area contributed by atoms with Crippen LogP contribution in [-0.4, -0.2) is 29.5 Å². The molecule has 0 atom stereocenters. The maximum absolute atomic E-state index is 6.51. The van der Waals surface area contributed by atoms with Crippen LogP contribution in [0.2, 0.25) is 0 Å². The van der Waals surface area contributed by atoms with Gasteiger partial charge in [0.15, 0.2) is 0 Å². The van der Waals surface area contributed by atoms with Crippen molar-refractivity contribution in [2.24, 2.45) is 0 Å². The zero-order valence-electron chi connectivity index (χ0n) is 19.8. The molecule has 0 unspecified atom stereocenters. The molecule has 3 aromatic carbocycles. The fourth-order valence-electron chi connectivity index (χ4n) is 5.67. The van der Waals surface area contributed by atoms with Gasteiger partial charge in [-0.1, -0.05) is 48.5 Å².